The third kappa shape index (κ3) is 3.01. The summed E-state index contributed by atoms with van der Waals surface area (Å²) in [6, 6.07) is 3.53. The molecule has 0 saturated heterocycles. The van der Waals surface area contributed by atoms with Gasteiger partial charge in [0, 0.05) is 6.26 Å². The molecule has 1 unspecified atom stereocenters. The van der Waals surface area contributed by atoms with Gasteiger partial charge >= 0.3 is 0 Å². The van der Waals surface area contributed by atoms with E-state index in [2.05, 4.69) is 5.32 Å². The zero-order valence-electron chi connectivity index (χ0n) is 10.9. The molecule has 3 N–H and O–H groups in total. The minimum absolute atomic E-state index is 0.423. The molecule has 6 heteroatoms. The van der Waals surface area contributed by atoms with E-state index in [1.54, 1.807) is 6.07 Å². The van der Waals surface area contributed by atoms with E-state index in [9.17, 15) is 13.2 Å². The lowest BCUT2D eigenvalue weighted by atomic mass is 10.1. The van der Waals surface area contributed by atoms with Gasteiger partial charge in [0.15, 0.2) is 9.84 Å². The van der Waals surface area contributed by atoms with E-state index in [0.29, 0.717) is 11.4 Å². The van der Waals surface area contributed by atoms with Crippen LogP contribution >= 0.6 is 0 Å². The third-order valence-electron chi connectivity index (χ3n) is 3.03. The van der Waals surface area contributed by atoms with Crippen LogP contribution in [0.2, 0.25) is 0 Å². The Kier molecular flexibility index (Phi) is 4.01. The third-order valence-corrected chi connectivity index (χ3v) is 4.53. The summed E-state index contributed by atoms with van der Waals surface area (Å²) in [4.78, 5) is 11.8. The van der Waals surface area contributed by atoms with Gasteiger partial charge in [-0.2, -0.15) is 0 Å². The number of nitrogens with one attached hydrogen (secondary N) is 1. The topological polar surface area (TPSA) is 89.3 Å². The van der Waals surface area contributed by atoms with E-state index in [0.717, 1.165) is 17.4 Å². The smallest absolute Gasteiger partial charge is 0.242 e. The molecular formula is C12H18N2O3S. The molecule has 1 aromatic rings. The van der Waals surface area contributed by atoms with Gasteiger partial charge in [0.2, 0.25) is 5.91 Å². The second-order valence-electron chi connectivity index (χ2n) is 4.43. The standard InChI is InChI=1S/C12H18N2O3S/c1-7-5-6-10(13)11(8(7)2)14-12(15)9(3)18(4,16)17/h5-6,9H,13H2,1-4H3,(H,14,15). The van der Waals surface area contributed by atoms with E-state index in [4.69, 9.17) is 5.73 Å². The number of carbonyl (C=O) groups excluding carboxylic acids is 1. The zero-order chi connectivity index (χ0) is 14.1. The first kappa shape index (κ1) is 14.5. The van der Waals surface area contributed by atoms with Crippen LogP contribution in [0.15, 0.2) is 12.1 Å². The normalized spacial score (nSPS) is 13.1. The monoisotopic (exact) mass is 270 g/mol. The highest BCUT2D eigenvalue weighted by atomic mass is 32.2. The Balaban J connectivity index is 3.07. The van der Waals surface area contributed by atoms with Crippen LogP contribution < -0.4 is 11.1 Å². The summed E-state index contributed by atoms with van der Waals surface area (Å²) in [5, 5.41) is 1.48. The van der Waals surface area contributed by atoms with Gasteiger partial charge < -0.3 is 11.1 Å². The van der Waals surface area contributed by atoms with Crippen LogP contribution in [0.25, 0.3) is 0 Å². The first-order chi connectivity index (χ1) is 8.14. The van der Waals surface area contributed by atoms with Crippen LogP contribution in [0.3, 0.4) is 0 Å². The highest BCUT2D eigenvalue weighted by molar-refractivity contribution is 7.92. The van der Waals surface area contributed by atoms with Crippen molar-refractivity contribution in [3.63, 3.8) is 0 Å². The number of rotatable bonds is 3. The Morgan fingerprint density at radius 3 is 2.39 bits per heavy atom. The van der Waals surface area contributed by atoms with E-state index in [1.807, 2.05) is 19.9 Å². The second-order valence-corrected chi connectivity index (χ2v) is 6.80. The quantitative estimate of drug-likeness (QED) is 0.809. The van der Waals surface area contributed by atoms with E-state index in [1.165, 1.54) is 6.92 Å². The summed E-state index contributed by atoms with van der Waals surface area (Å²) in [6.07, 6.45) is 1.03. The lowest BCUT2D eigenvalue weighted by molar-refractivity contribution is -0.115. The second kappa shape index (κ2) is 4.97. The number of anilines is 2. The molecule has 1 atom stereocenters. The molecule has 0 aliphatic rings. The molecule has 0 fully saturated rings. The number of carbonyl (C=O) groups is 1. The van der Waals surface area contributed by atoms with E-state index >= 15 is 0 Å². The predicted molar refractivity (Wildman–Crippen MR) is 73.3 cm³/mol. The van der Waals surface area contributed by atoms with Crippen molar-refractivity contribution in [1.29, 1.82) is 0 Å². The van der Waals surface area contributed by atoms with Crippen LogP contribution in [-0.2, 0) is 14.6 Å². The van der Waals surface area contributed by atoms with Gasteiger partial charge in [-0.3, -0.25) is 4.79 Å². The van der Waals surface area contributed by atoms with Crippen LogP contribution in [-0.4, -0.2) is 25.8 Å². The maximum Gasteiger partial charge on any atom is 0.242 e. The fraction of sp³-hybridized carbons (Fsp3) is 0.417. The maximum atomic E-state index is 11.8. The molecule has 0 aliphatic carbocycles. The minimum Gasteiger partial charge on any atom is -0.397 e. The molecule has 5 nitrogen and oxygen atoms in total. The van der Waals surface area contributed by atoms with Gasteiger partial charge in [-0.05, 0) is 38.0 Å². The summed E-state index contributed by atoms with van der Waals surface area (Å²) in [6.45, 7) is 5.07. The van der Waals surface area contributed by atoms with Gasteiger partial charge in [-0.25, -0.2) is 8.42 Å². The molecule has 0 spiro atoms. The summed E-state index contributed by atoms with van der Waals surface area (Å²) in [5.41, 5.74) is 8.50. The zero-order valence-corrected chi connectivity index (χ0v) is 11.8. The maximum absolute atomic E-state index is 11.8. The number of hydrogen-bond acceptors (Lipinski definition) is 4. The highest BCUT2D eigenvalue weighted by Gasteiger charge is 2.24. The highest BCUT2D eigenvalue weighted by Crippen LogP contribution is 2.26. The van der Waals surface area contributed by atoms with Gasteiger partial charge in [0.1, 0.15) is 5.25 Å². The van der Waals surface area contributed by atoms with Crippen molar-refractivity contribution >= 4 is 27.1 Å². The molecule has 0 bridgehead atoms. The van der Waals surface area contributed by atoms with Crippen molar-refractivity contribution in [2.45, 2.75) is 26.0 Å². The number of amides is 1. The fourth-order valence-electron chi connectivity index (χ4n) is 1.42. The van der Waals surface area contributed by atoms with Crippen molar-refractivity contribution in [2.24, 2.45) is 0 Å². The molecule has 1 amide bonds. The van der Waals surface area contributed by atoms with Crippen molar-refractivity contribution in [1.82, 2.24) is 0 Å². The Morgan fingerprint density at radius 1 is 1.33 bits per heavy atom. The van der Waals surface area contributed by atoms with Crippen molar-refractivity contribution < 1.29 is 13.2 Å². The summed E-state index contributed by atoms with van der Waals surface area (Å²) < 4.78 is 22.6. The Bertz CT molecular complexity index is 579. The number of hydrogen-bond donors (Lipinski definition) is 2. The first-order valence-electron chi connectivity index (χ1n) is 5.50. The van der Waals surface area contributed by atoms with E-state index < -0.39 is 21.0 Å². The van der Waals surface area contributed by atoms with Gasteiger partial charge in [-0.1, -0.05) is 6.07 Å². The Morgan fingerprint density at radius 2 is 1.89 bits per heavy atom. The van der Waals surface area contributed by atoms with Crippen LogP contribution in [0.5, 0.6) is 0 Å². The molecule has 1 rings (SSSR count). The minimum atomic E-state index is -3.41. The van der Waals surface area contributed by atoms with Gasteiger partial charge in [0.25, 0.3) is 0 Å². The average molecular weight is 270 g/mol. The summed E-state index contributed by atoms with van der Waals surface area (Å²) >= 11 is 0. The Hall–Kier alpha value is -1.56. The van der Waals surface area contributed by atoms with Crippen LogP contribution in [0.1, 0.15) is 18.1 Å². The molecule has 0 heterocycles. The first-order valence-corrected chi connectivity index (χ1v) is 7.45. The molecule has 0 radical (unpaired) electrons. The molecule has 18 heavy (non-hydrogen) atoms. The average Bonchev–Trinajstić information content (AvgIpc) is 2.27. The Labute approximate surface area is 107 Å². The van der Waals surface area contributed by atoms with Crippen molar-refractivity contribution in [3.05, 3.63) is 23.3 Å². The number of nitrogens with two attached hydrogens (primary N) is 1. The predicted octanol–water partition coefficient (Wildman–Crippen LogP) is 1.26. The number of sulfone groups is 1. The number of aryl methyl sites for hydroxylation is 1. The lowest BCUT2D eigenvalue weighted by Gasteiger charge is -2.15. The summed E-state index contributed by atoms with van der Waals surface area (Å²) in [7, 11) is -3.41. The molecule has 100 valence electrons. The SMILES string of the molecule is Cc1ccc(N)c(NC(=O)C(C)S(C)(=O)=O)c1C. The molecule has 1 aromatic carbocycles. The van der Waals surface area contributed by atoms with Crippen molar-refractivity contribution in [2.75, 3.05) is 17.3 Å². The number of nitrogen functional groups attached to an aromatic ring is 1. The molecule has 0 aromatic heterocycles. The largest absolute Gasteiger partial charge is 0.397 e. The van der Waals surface area contributed by atoms with E-state index in [-0.39, 0.29) is 0 Å². The van der Waals surface area contributed by atoms with Crippen LogP contribution in [0, 0.1) is 13.8 Å². The summed E-state index contributed by atoms with van der Waals surface area (Å²) in [5.74, 6) is -0.571. The van der Waals surface area contributed by atoms with Crippen molar-refractivity contribution in [3.8, 4) is 0 Å². The number of benzene rings is 1. The molecule has 0 saturated carbocycles. The van der Waals surface area contributed by atoms with Crippen LogP contribution in [0.4, 0.5) is 11.4 Å². The van der Waals surface area contributed by atoms with Gasteiger partial charge in [-0.15, -0.1) is 0 Å². The van der Waals surface area contributed by atoms with Gasteiger partial charge in [0.05, 0.1) is 11.4 Å². The molecular weight excluding hydrogens is 252 g/mol. The fourth-order valence-corrected chi connectivity index (χ4v) is 1.87. The molecule has 0 aliphatic heterocycles. The lowest BCUT2D eigenvalue weighted by Crippen LogP contribution is -2.32.